The van der Waals surface area contributed by atoms with E-state index < -0.39 is 0 Å². The molecule has 0 spiro atoms. The van der Waals surface area contributed by atoms with Crippen LogP contribution in [0, 0.1) is 0 Å². The first kappa shape index (κ1) is 13.9. The molecule has 0 aliphatic carbocycles. The minimum Gasteiger partial charge on any atom is -0.369 e. The van der Waals surface area contributed by atoms with Crippen LogP contribution >= 0.6 is 11.8 Å². The summed E-state index contributed by atoms with van der Waals surface area (Å²) < 4.78 is 2.18. The highest BCUT2D eigenvalue weighted by Gasteiger charge is 2.16. The molecular formula is C14H19N3OS. The molecule has 1 aromatic heterocycles. The van der Waals surface area contributed by atoms with Crippen molar-refractivity contribution < 1.29 is 4.79 Å². The molecule has 19 heavy (non-hydrogen) atoms. The van der Waals surface area contributed by atoms with E-state index in [0.29, 0.717) is 0 Å². The van der Waals surface area contributed by atoms with Crippen LogP contribution in [0.25, 0.3) is 11.0 Å². The predicted molar refractivity (Wildman–Crippen MR) is 79.2 cm³/mol. The van der Waals surface area contributed by atoms with Gasteiger partial charge in [-0.1, -0.05) is 37.2 Å². The number of hydrogen-bond donors (Lipinski definition) is 1. The molecule has 0 unspecified atom stereocenters. The van der Waals surface area contributed by atoms with Crippen molar-refractivity contribution in [1.29, 1.82) is 0 Å². The zero-order valence-electron chi connectivity index (χ0n) is 11.3. The van der Waals surface area contributed by atoms with E-state index in [2.05, 4.69) is 22.5 Å². The first-order chi connectivity index (χ1) is 9.13. The Balaban J connectivity index is 2.37. The number of unbranched alkanes of at least 4 members (excludes halogenated alkanes) is 1. The Morgan fingerprint density at radius 2 is 2.21 bits per heavy atom. The van der Waals surface area contributed by atoms with Gasteiger partial charge in [0.05, 0.1) is 16.3 Å². The van der Waals surface area contributed by atoms with Gasteiger partial charge in [0.2, 0.25) is 5.91 Å². The number of nitrogens with two attached hydrogens (primary N) is 1. The molecule has 2 rings (SSSR count). The van der Waals surface area contributed by atoms with Gasteiger partial charge in [0, 0.05) is 6.54 Å². The lowest BCUT2D eigenvalue weighted by Gasteiger charge is -2.10. The van der Waals surface area contributed by atoms with E-state index in [0.717, 1.165) is 35.6 Å². The molecule has 4 nitrogen and oxygen atoms in total. The molecule has 1 heterocycles. The predicted octanol–water partition coefficient (Wildman–Crippen LogP) is 2.80. The third kappa shape index (κ3) is 3.10. The Hall–Kier alpha value is -1.49. The van der Waals surface area contributed by atoms with Crippen LogP contribution in [-0.2, 0) is 11.3 Å². The van der Waals surface area contributed by atoms with Crippen LogP contribution in [0.1, 0.15) is 26.7 Å². The van der Waals surface area contributed by atoms with Crippen molar-refractivity contribution in [3.05, 3.63) is 24.3 Å². The molecule has 102 valence electrons. The summed E-state index contributed by atoms with van der Waals surface area (Å²) in [6, 6.07) is 8.05. The molecule has 0 radical (unpaired) electrons. The van der Waals surface area contributed by atoms with Gasteiger partial charge in [-0.15, -0.1) is 0 Å². The van der Waals surface area contributed by atoms with E-state index in [9.17, 15) is 4.79 Å². The van der Waals surface area contributed by atoms with Gasteiger partial charge in [-0.05, 0) is 25.5 Å². The van der Waals surface area contributed by atoms with Gasteiger partial charge in [-0.2, -0.15) is 0 Å². The van der Waals surface area contributed by atoms with E-state index in [1.807, 2.05) is 25.1 Å². The number of carbonyl (C=O) groups is 1. The monoisotopic (exact) mass is 277 g/mol. The van der Waals surface area contributed by atoms with Gasteiger partial charge in [-0.25, -0.2) is 4.98 Å². The fourth-order valence-electron chi connectivity index (χ4n) is 1.89. The van der Waals surface area contributed by atoms with E-state index in [1.54, 1.807) is 0 Å². The summed E-state index contributed by atoms with van der Waals surface area (Å²) in [5.74, 6) is -0.306. The molecule has 1 aromatic carbocycles. The average Bonchev–Trinajstić information content (AvgIpc) is 2.73. The Kier molecular flexibility index (Phi) is 4.47. The van der Waals surface area contributed by atoms with Crippen molar-refractivity contribution in [1.82, 2.24) is 9.55 Å². The van der Waals surface area contributed by atoms with Crippen LogP contribution < -0.4 is 5.73 Å². The normalized spacial score (nSPS) is 12.7. The lowest BCUT2D eigenvalue weighted by molar-refractivity contribution is -0.117. The number of hydrogen-bond acceptors (Lipinski definition) is 3. The number of aromatic nitrogens is 2. The van der Waals surface area contributed by atoms with Crippen LogP contribution in [0.3, 0.4) is 0 Å². The number of fused-ring (bicyclic) bond motifs is 1. The maximum absolute atomic E-state index is 11.2. The third-order valence-electron chi connectivity index (χ3n) is 3.04. The molecule has 0 saturated carbocycles. The molecule has 1 atom stereocenters. The first-order valence-electron chi connectivity index (χ1n) is 6.54. The smallest absolute Gasteiger partial charge is 0.230 e. The maximum Gasteiger partial charge on any atom is 0.230 e. The number of nitrogens with zero attached hydrogens (tertiary/aromatic N) is 2. The number of imidazole rings is 1. The molecule has 1 amide bonds. The second-order valence-corrected chi connectivity index (χ2v) is 5.86. The van der Waals surface area contributed by atoms with Gasteiger partial charge in [0.25, 0.3) is 0 Å². The van der Waals surface area contributed by atoms with Gasteiger partial charge in [0.1, 0.15) is 0 Å². The number of thioether (sulfide) groups is 1. The third-order valence-corrected chi connectivity index (χ3v) is 4.15. The van der Waals surface area contributed by atoms with Gasteiger partial charge in [0.15, 0.2) is 5.16 Å². The minimum absolute atomic E-state index is 0.266. The fraction of sp³-hybridized carbons (Fsp3) is 0.429. The molecule has 5 heteroatoms. The molecule has 2 N–H and O–H groups in total. The van der Waals surface area contributed by atoms with Gasteiger partial charge < -0.3 is 10.3 Å². The van der Waals surface area contributed by atoms with E-state index >= 15 is 0 Å². The van der Waals surface area contributed by atoms with Gasteiger partial charge >= 0.3 is 0 Å². The van der Waals surface area contributed by atoms with Crippen molar-refractivity contribution in [3.8, 4) is 0 Å². The zero-order valence-corrected chi connectivity index (χ0v) is 12.1. The van der Waals surface area contributed by atoms with Crippen molar-refractivity contribution in [2.24, 2.45) is 5.73 Å². The second kappa shape index (κ2) is 6.10. The maximum atomic E-state index is 11.2. The first-order valence-corrected chi connectivity index (χ1v) is 7.42. The number of para-hydroxylation sites is 2. The molecule has 0 aliphatic heterocycles. The number of aryl methyl sites for hydroxylation is 1. The van der Waals surface area contributed by atoms with Crippen molar-refractivity contribution in [2.45, 2.75) is 43.6 Å². The summed E-state index contributed by atoms with van der Waals surface area (Å²) in [5.41, 5.74) is 7.42. The largest absolute Gasteiger partial charge is 0.369 e. The molecule has 0 bridgehead atoms. The molecule has 0 fully saturated rings. The summed E-state index contributed by atoms with van der Waals surface area (Å²) >= 11 is 1.43. The SMILES string of the molecule is CCCCn1c(S[C@@H](C)C(N)=O)nc2ccccc21. The topological polar surface area (TPSA) is 60.9 Å². The van der Waals surface area contributed by atoms with Crippen LogP contribution in [0.5, 0.6) is 0 Å². The lowest BCUT2D eigenvalue weighted by Crippen LogP contribution is -2.23. The van der Waals surface area contributed by atoms with Crippen LogP contribution in [-0.4, -0.2) is 20.7 Å². The van der Waals surface area contributed by atoms with Crippen molar-refractivity contribution >= 4 is 28.7 Å². The van der Waals surface area contributed by atoms with E-state index in [4.69, 9.17) is 5.73 Å². The summed E-state index contributed by atoms with van der Waals surface area (Å²) in [6.45, 7) is 4.90. The summed E-state index contributed by atoms with van der Waals surface area (Å²) in [4.78, 5) is 15.8. The Labute approximate surface area is 117 Å². The Morgan fingerprint density at radius 1 is 1.47 bits per heavy atom. The van der Waals surface area contributed by atoms with Crippen molar-refractivity contribution in [3.63, 3.8) is 0 Å². The Morgan fingerprint density at radius 3 is 2.89 bits per heavy atom. The lowest BCUT2D eigenvalue weighted by atomic mass is 10.3. The highest BCUT2D eigenvalue weighted by Crippen LogP contribution is 2.27. The molecule has 0 aliphatic rings. The van der Waals surface area contributed by atoms with Crippen LogP contribution in [0.15, 0.2) is 29.4 Å². The standard InChI is InChI=1S/C14H19N3OS/c1-3-4-9-17-12-8-6-5-7-11(12)16-14(17)19-10(2)13(15)18/h5-8,10H,3-4,9H2,1-2H3,(H2,15,18)/t10-/m0/s1. The number of carbonyl (C=O) groups excluding carboxylic acids is 1. The summed E-state index contributed by atoms with van der Waals surface area (Å²) in [6.07, 6.45) is 2.22. The van der Waals surface area contributed by atoms with E-state index in [1.165, 1.54) is 11.8 Å². The number of rotatable bonds is 6. The Bertz CT molecular complexity index is 579. The summed E-state index contributed by atoms with van der Waals surface area (Å²) in [5, 5.41) is 0.609. The van der Waals surface area contributed by atoms with Crippen molar-refractivity contribution in [2.75, 3.05) is 0 Å². The second-order valence-electron chi connectivity index (χ2n) is 4.55. The number of primary amides is 1. The molecule has 2 aromatic rings. The minimum atomic E-state index is -0.306. The summed E-state index contributed by atoms with van der Waals surface area (Å²) in [7, 11) is 0. The van der Waals surface area contributed by atoms with Crippen LogP contribution in [0.4, 0.5) is 0 Å². The average molecular weight is 277 g/mol. The van der Waals surface area contributed by atoms with E-state index in [-0.39, 0.29) is 11.2 Å². The molecular weight excluding hydrogens is 258 g/mol. The van der Waals surface area contributed by atoms with Crippen LogP contribution in [0.2, 0.25) is 0 Å². The molecule has 0 saturated heterocycles. The number of amides is 1. The highest BCUT2D eigenvalue weighted by atomic mass is 32.2. The fourth-order valence-corrected chi connectivity index (χ4v) is 2.79. The number of benzene rings is 1. The zero-order chi connectivity index (χ0) is 13.8. The quantitative estimate of drug-likeness (QED) is 0.826. The van der Waals surface area contributed by atoms with Gasteiger partial charge in [-0.3, -0.25) is 4.79 Å². The highest BCUT2D eigenvalue weighted by molar-refractivity contribution is 8.00.